The zero-order valence-corrected chi connectivity index (χ0v) is 11.2. The molecule has 0 saturated heterocycles. The molecule has 0 N–H and O–H groups in total. The molecule has 3 heteroatoms. The van der Waals surface area contributed by atoms with E-state index in [1.165, 1.54) is 0 Å². The summed E-state index contributed by atoms with van der Waals surface area (Å²) in [6.07, 6.45) is 17.1. The molecule has 3 nitrogen and oxygen atoms in total. The van der Waals surface area contributed by atoms with Gasteiger partial charge in [0.05, 0.1) is 0 Å². The number of fused-ring (bicyclic) bond motifs is 1. The molecule has 0 bridgehead atoms. The van der Waals surface area contributed by atoms with Crippen LogP contribution in [0.5, 0.6) is 0 Å². The van der Waals surface area contributed by atoms with Crippen molar-refractivity contribution in [3.63, 3.8) is 0 Å². The van der Waals surface area contributed by atoms with Crippen molar-refractivity contribution in [2.45, 2.75) is 0 Å². The Labute approximate surface area is 117 Å². The number of nitrogens with zero attached hydrogens (tertiary/aromatic N) is 2. The van der Waals surface area contributed by atoms with E-state index in [1.54, 1.807) is 12.3 Å². The molecular weight excluding hydrogens is 248 g/mol. The van der Waals surface area contributed by atoms with E-state index >= 15 is 0 Å². The molecule has 20 heavy (non-hydrogen) atoms. The van der Waals surface area contributed by atoms with E-state index in [0.717, 1.165) is 16.8 Å². The van der Waals surface area contributed by atoms with Gasteiger partial charge in [-0.15, -0.1) is 0 Å². The lowest BCUT2D eigenvalue weighted by Crippen LogP contribution is -2.10. The lowest BCUT2D eigenvalue weighted by atomic mass is 9.95. The quantitative estimate of drug-likeness (QED) is 0.779. The highest BCUT2D eigenvalue weighted by Gasteiger charge is 2.16. The largest absolute Gasteiger partial charge is 0.351 e. The molecular formula is C17H14N2O. The second kappa shape index (κ2) is 5.13. The summed E-state index contributed by atoms with van der Waals surface area (Å²) in [5.74, 6) is -0.0389. The van der Waals surface area contributed by atoms with E-state index in [9.17, 15) is 4.79 Å². The fraction of sp³-hybridized carbons (Fsp3) is 0.0588. The molecule has 0 fully saturated rings. The standard InChI is InChI=1S/C17H14N2O/c1-19-12-3-2-5-14(19)9-7-13-8-10-16(20)17-15(13)6-4-11-18-17/h2-12H,1H3/b13-7+,14-9+. The molecule has 1 aromatic heterocycles. The van der Waals surface area contributed by atoms with Crippen LogP contribution in [0.4, 0.5) is 0 Å². The lowest BCUT2D eigenvalue weighted by Gasteiger charge is -2.17. The third-order valence-corrected chi connectivity index (χ3v) is 3.30. The molecule has 1 aliphatic carbocycles. The number of pyridine rings is 1. The van der Waals surface area contributed by atoms with Crippen LogP contribution in [0.15, 0.2) is 72.8 Å². The van der Waals surface area contributed by atoms with Crippen LogP contribution in [0.3, 0.4) is 0 Å². The van der Waals surface area contributed by atoms with Gasteiger partial charge in [0, 0.05) is 30.7 Å². The van der Waals surface area contributed by atoms with Crippen LogP contribution in [-0.2, 0) is 0 Å². The maximum atomic E-state index is 11.8. The van der Waals surface area contributed by atoms with E-state index < -0.39 is 0 Å². The highest BCUT2D eigenvalue weighted by Crippen LogP contribution is 2.24. The van der Waals surface area contributed by atoms with Crippen LogP contribution in [0.2, 0.25) is 0 Å². The maximum absolute atomic E-state index is 11.8. The number of hydrogen-bond acceptors (Lipinski definition) is 3. The number of allylic oxidation sites excluding steroid dienone is 8. The first-order valence-corrected chi connectivity index (χ1v) is 6.43. The van der Waals surface area contributed by atoms with Gasteiger partial charge in [0.1, 0.15) is 5.69 Å². The minimum absolute atomic E-state index is 0.0389. The summed E-state index contributed by atoms with van der Waals surface area (Å²) in [6.45, 7) is 0. The van der Waals surface area contributed by atoms with Gasteiger partial charge in [0.2, 0.25) is 5.78 Å². The number of carbonyl (C=O) groups excluding carboxylic acids is 1. The molecule has 2 aliphatic rings. The predicted octanol–water partition coefficient (Wildman–Crippen LogP) is 3.12. The molecule has 1 aliphatic heterocycles. The minimum Gasteiger partial charge on any atom is -0.351 e. The molecule has 0 spiro atoms. The average Bonchev–Trinajstić information content (AvgIpc) is 2.48. The molecule has 0 amide bonds. The molecule has 0 saturated carbocycles. The molecule has 0 aromatic carbocycles. The van der Waals surface area contributed by atoms with Gasteiger partial charge in [-0.2, -0.15) is 0 Å². The van der Waals surface area contributed by atoms with Crippen molar-refractivity contribution in [3.8, 4) is 0 Å². The topological polar surface area (TPSA) is 33.2 Å². The Morgan fingerprint density at radius 1 is 1.15 bits per heavy atom. The van der Waals surface area contributed by atoms with Gasteiger partial charge in [0.15, 0.2) is 0 Å². The molecule has 0 atom stereocenters. The van der Waals surface area contributed by atoms with E-state index in [1.807, 2.05) is 66.7 Å². The highest BCUT2D eigenvalue weighted by atomic mass is 16.1. The summed E-state index contributed by atoms with van der Waals surface area (Å²) < 4.78 is 0. The Balaban J connectivity index is 1.99. The number of rotatable bonds is 1. The average molecular weight is 262 g/mol. The van der Waals surface area contributed by atoms with Gasteiger partial charge in [-0.05, 0) is 35.9 Å². The summed E-state index contributed by atoms with van der Waals surface area (Å²) in [6, 6.07) is 3.77. The van der Waals surface area contributed by atoms with Crippen LogP contribution in [0.1, 0.15) is 16.1 Å². The predicted molar refractivity (Wildman–Crippen MR) is 79.8 cm³/mol. The van der Waals surface area contributed by atoms with E-state index in [2.05, 4.69) is 4.98 Å². The van der Waals surface area contributed by atoms with Gasteiger partial charge in [0.25, 0.3) is 0 Å². The van der Waals surface area contributed by atoms with Gasteiger partial charge < -0.3 is 4.90 Å². The number of aromatic nitrogens is 1. The van der Waals surface area contributed by atoms with Crippen molar-refractivity contribution < 1.29 is 4.79 Å². The van der Waals surface area contributed by atoms with Crippen LogP contribution in [0, 0.1) is 0 Å². The SMILES string of the molecule is CN1C=CC=C/C1=C\C=C1/C=CC(=O)c2ncccc21. The monoisotopic (exact) mass is 262 g/mol. The van der Waals surface area contributed by atoms with Crippen LogP contribution in [0.25, 0.3) is 5.57 Å². The number of ketones is 1. The summed E-state index contributed by atoms with van der Waals surface area (Å²) in [5.41, 5.74) is 3.49. The summed E-state index contributed by atoms with van der Waals surface area (Å²) in [4.78, 5) is 18.0. The Morgan fingerprint density at radius 3 is 2.90 bits per heavy atom. The van der Waals surface area contributed by atoms with E-state index in [0.29, 0.717) is 5.69 Å². The first kappa shape index (κ1) is 12.4. The Hall–Kier alpha value is -2.68. The maximum Gasteiger partial charge on any atom is 0.204 e. The fourth-order valence-corrected chi connectivity index (χ4v) is 2.20. The molecule has 98 valence electrons. The van der Waals surface area contributed by atoms with Crippen LogP contribution in [-0.4, -0.2) is 22.7 Å². The Bertz CT molecular complexity index is 705. The Morgan fingerprint density at radius 2 is 2.05 bits per heavy atom. The van der Waals surface area contributed by atoms with Crippen molar-refractivity contribution in [1.29, 1.82) is 0 Å². The summed E-state index contributed by atoms with van der Waals surface area (Å²) in [5, 5.41) is 0. The number of hydrogen-bond donors (Lipinski definition) is 0. The number of likely N-dealkylation sites (N-methyl/N-ethyl adjacent to an activating group) is 1. The smallest absolute Gasteiger partial charge is 0.204 e. The zero-order chi connectivity index (χ0) is 13.9. The van der Waals surface area contributed by atoms with Gasteiger partial charge >= 0.3 is 0 Å². The molecule has 0 radical (unpaired) electrons. The second-order valence-corrected chi connectivity index (χ2v) is 4.62. The van der Waals surface area contributed by atoms with Gasteiger partial charge in [-0.1, -0.05) is 24.3 Å². The molecule has 2 heterocycles. The first-order valence-electron chi connectivity index (χ1n) is 6.43. The zero-order valence-electron chi connectivity index (χ0n) is 11.2. The van der Waals surface area contributed by atoms with Crippen molar-refractivity contribution in [2.75, 3.05) is 7.05 Å². The molecule has 3 rings (SSSR count). The third kappa shape index (κ3) is 2.26. The van der Waals surface area contributed by atoms with Crippen molar-refractivity contribution in [1.82, 2.24) is 9.88 Å². The third-order valence-electron chi connectivity index (χ3n) is 3.30. The first-order chi connectivity index (χ1) is 9.75. The second-order valence-electron chi connectivity index (χ2n) is 4.62. The Kier molecular flexibility index (Phi) is 3.17. The van der Waals surface area contributed by atoms with Gasteiger partial charge in [-0.25, -0.2) is 0 Å². The summed E-state index contributed by atoms with van der Waals surface area (Å²) in [7, 11) is 2.00. The van der Waals surface area contributed by atoms with Crippen LogP contribution < -0.4 is 0 Å². The molecule has 0 unspecified atom stereocenters. The van der Waals surface area contributed by atoms with Crippen LogP contribution >= 0.6 is 0 Å². The van der Waals surface area contributed by atoms with Crippen molar-refractivity contribution in [2.24, 2.45) is 0 Å². The molecule has 1 aromatic rings. The van der Waals surface area contributed by atoms with E-state index in [4.69, 9.17) is 0 Å². The normalized spacial score (nSPS) is 20.9. The number of carbonyl (C=O) groups is 1. The fourth-order valence-electron chi connectivity index (χ4n) is 2.20. The lowest BCUT2D eigenvalue weighted by molar-refractivity contribution is 0.104. The summed E-state index contributed by atoms with van der Waals surface area (Å²) >= 11 is 0. The van der Waals surface area contributed by atoms with Crippen molar-refractivity contribution in [3.05, 3.63) is 84.0 Å². The minimum atomic E-state index is -0.0389. The van der Waals surface area contributed by atoms with Crippen molar-refractivity contribution >= 4 is 11.4 Å². The van der Waals surface area contributed by atoms with E-state index in [-0.39, 0.29) is 5.78 Å². The highest BCUT2D eigenvalue weighted by molar-refractivity contribution is 6.11. The van der Waals surface area contributed by atoms with Gasteiger partial charge in [-0.3, -0.25) is 9.78 Å².